The molecule has 2 unspecified atom stereocenters. The van der Waals surface area contributed by atoms with Gasteiger partial charge in [0.1, 0.15) is 5.92 Å². The summed E-state index contributed by atoms with van der Waals surface area (Å²) in [6, 6.07) is 0. The van der Waals surface area contributed by atoms with Gasteiger partial charge < -0.3 is 5.32 Å². The lowest BCUT2D eigenvalue weighted by molar-refractivity contribution is -0.119. The van der Waals surface area contributed by atoms with Crippen LogP contribution in [0.2, 0.25) is 0 Å². The number of thioether (sulfide) groups is 2. The molecule has 6 nitrogen and oxygen atoms in total. The van der Waals surface area contributed by atoms with E-state index in [0.717, 1.165) is 30.0 Å². The van der Waals surface area contributed by atoms with Gasteiger partial charge >= 0.3 is 0 Å². The topological polar surface area (TPSA) is 83.8 Å². The molecule has 1 aliphatic carbocycles. The maximum absolute atomic E-state index is 12.5. The van der Waals surface area contributed by atoms with Crippen LogP contribution in [0.3, 0.4) is 0 Å². The Morgan fingerprint density at radius 1 is 1.35 bits per heavy atom. The van der Waals surface area contributed by atoms with Crippen LogP contribution >= 0.6 is 34.9 Å². The van der Waals surface area contributed by atoms with Crippen LogP contribution in [0.25, 0.3) is 0 Å². The van der Waals surface area contributed by atoms with Crippen LogP contribution in [0.1, 0.15) is 38.3 Å². The molecule has 3 heterocycles. The lowest BCUT2D eigenvalue weighted by Gasteiger charge is -2.18. The zero-order chi connectivity index (χ0) is 18.3. The van der Waals surface area contributed by atoms with Crippen LogP contribution in [-0.4, -0.2) is 32.3 Å². The first-order valence-corrected chi connectivity index (χ1v) is 11.1. The van der Waals surface area contributed by atoms with Gasteiger partial charge in [-0.15, -0.1) is 11.3 Å². The van der Waals surface area contributed by atoms with Crippen molar-refractivity contribution in [2.45, 2.75) is 44.8 Å². The third kappa shape index (κ3) is 3.52. The second-order valence-corrected chi connectivity index (χ2v) is 9.70. The highest BCUT2D eigenvalue weighted by Crippen LogP contribution is 2.47. The molecule has 0 spiro atoms. The number of anilines is 1. The Morgan fingerprint density at radius 2 is 2.15 bits per heavy atom. The first-order chi connectivity index (χ1) is 12.5. The van der Waals surface area contributed by atoms with E-state index >= 15 is 0 Å². The Morgan fingerprint density at radius 3 is 2.92 bits per heavy atom. The number of fused-ring (bicyclic) bond motifs is 2. The summed E-state index contributed by atoms with van der Waals surface area (Å²) in [5.41, 5.74) is 2.10. The normalized spacial score (nSPS) is 23.2. The molecule has 0 radical (unpaired) electrons. The molecule has 1 N–H and O–H groups in total. The van der Waals surface area contributed by atoms with Crippen molar-refractivity contribution in [1.29, 1.82) is 0 Å². The fourth-order valence-electron chi connectivity index (χ4n) is 3.16. The molecule has 2 amide bonds. The van der Waals surface area contributed by atoms with Crippen molar-refractivity contribution in [1.82, 2.24) is 4.98 Å². The summed E-state index contributed by atoms with van der Waals surface area (Å²) in [7, 11) is 0. The van der Waals surface area contributed by atoms with Crippen LogP contribution in [0.5, 0.6) is 0 Å². The predicted octanol–water partition coefficient (Wildman–Crippen LogP) is 4.00. The number of nitrogens with zero attached hydrogens (tertiary/aromatic N) is 3. The van der Waals surface area contributed by atoms with Gasteiger partial charge in [-0.25, -0.2) is 9.98 Å². The Hall–Kier alpha value is -1.45. The molecular formula is C17H18N4O2S3. The maximum atomic E-state index is 12.5. The monoisotopic (exact) mass is 406 g/mol. The molecule has 0 saturated heterocycles. The second-order valence-electron chi connectivity index (χ2n) is 6.42. The van der Waals surface area contributed by atoms with Gasteiger partial charge in [-0.2, -0.15) is 4.99 Å². The number of rotatable bonds is 3. The van der Waals surface area contributed by atoms with Crippen molar-refractivity contribution in [2.24, 2.45) is 15.9 Å². The van der Waals surface area contributed by atoms with Crippen molar-refractivity contribution in [3.05, 3.63) is 21.6 Å². The minimum absolute atomic E-state index is 0.139. The van der Waals surface area contributed by atoms with Crippen LogP contribution < -0.4 is 5.32 Å². The minimum Gasteiger partial charge on any atom is -0.301 e. The number of hydrogen-bond donors (Lipinski definition) is 1. The molecule has 1 aromatic heterocycles. The van der Waals surface area contributed by atoms with Gasteiger partial charge in [-0.3, -0.25) is 9.59 Å². The molecule has 1 aromatic rings. The van der Waals surface area contributed by atoms with Crippen LogP contribution in [0.15, 0.2) is 25.8 Å². The van der Waals surface area contributed by atoms with Gasteiger partial charge in [0.05, 0.1) is 16.0 Å². The number of carbonyl (C=O) groups is 2. The van der Waals surface area contributed by atoms with E-state index in [2.05, 4.69) is 20.3 Å². The Bertz CT molecular complexity index is 871. The van der Waals surface area contributed by atoms with Gasteiger partial charge in [0.25, 0.3) is 5.91 Å². The van der Waals surface area contributed by atoms with E-state index in [0.29, 0.717) is 10.3 Å². The van der Waals surface area contributed by atoms with Crippen molar-refractivity contribution in [2.75, 3.05) is 5.32 Å². The first kappa shape index (κ1) is 17.9. The summed E-state index contributed by atoms with van der Waals surface area (Å²) in [6.45, 7) is 3.66. The summed E-state index contributed by atoms with van der Waals surface area (Å²) < 4.78 is 0. The summed E-state index contributed by atoms with van der Waals surface area (Å²) in [5.74, 6) is -0.569. The average molecular weight is 407 g/mol. The van der Waals surface area contributed by atoms with E-state index in [9.17, 15) is 9.59 Å². The third-order valence-corrected chi connectivity index (χ3v) is 7.53. The number of carbonyl (C=O) groups excluding carboxylic acids is 2. The molecule has 2 atom stereocenters. The van der Waals surface area contributed by atoms with E-state index < -0.39 is 5.25 Å². The Labute approximate surface area is 164 Å². The van der Waals surface area contributed by atoms with Crippen molar-refractivity contribution >= 4 is 62.0 Å². The van der Waals surface area contributed by atoms with E-state index in [4.69, 9.17) is 0 Å². The Kier molecular flexibility index (Phi) is 5.02. The average Bonchev–Trinajstić information content (AvgIpc) is 3.17. The number of aliphatic imine (C=N–C) groups is 2. The number of aryl methyl sites for hydroxylation is 1. The Balaban J connectivity index is 1.43. The zero-order valence-electron chi connectivity index (χ0n) is 14.4. The SMILES string of the molecule is Cc1csc(NC(=O)C(C)SC2=NC(=O)C3C(=N2)SC2=C3CCCC2)n1. The molecule has 0 aromatic carbocycles. The summed E-state index contributed by atoms with van der Waals surface area (Å²) in [6.07, 6.45) is 4.32. The molecule has 0 bridgehead atoms. The van der Waals surface area contributed by atoms with Crippen LogP contribution in [0, 0.1) is 12.8 Å². The number of hydrogen-bond acceptors (Lipinski definition) is 7. The summed E-state index contributed by atoms with van der Waals surface area (Å²) in [5, 5.41) is 6.06. The molecule has 9 heteroatoms. The highest BCUT2D eigenvalue weighted by molar-refractivity contribution is 8.18. The predicted molar refractivity (Wildman–Crippen MR) is 109 cm³/mol. The highest BCUT2D eigenvalue weighted by atomic mass is 32.2. The van der Waals surface area contributed by atoms with E-state index in [1.54, 1.807) is 18.7 Å². The molecule has 0 fully saturated rings. The zero-order valence-corrected chi connectivity index (χ0v) is 16.9. The maximum Gasteiger partial charge on any atom is 0.262 e. The van der Waals surface area contributed by atoms with E-state index in [1.165, 1.54) is 40.0 Å². The smallest absolute Gasteiger partial charge is 0.262 e. The van der Waals surface area contributed by atoms with Crippen molar-refractivity contribution < 1.29 is 9.59 Å². The van der Waals surface area contributed by atoms with Gasteiger partial charge in [0.2, 0.25) is 5.91 Å². The van der Waals surface area contributed by atoms with Gasteiger partial charge in [0.15, 0.2) is 10.3 Å². The third-order valence-electron chi connectivity index (χ3n) is 4.44. The molecule has 26 heavy (non-hydrogen) atoms. The number of nitrogens with one attached hydrogen (secondary N) is 1. The fourth-order valence-corrected chi connectivity index (χ4v) is 6.03. The fraction of sp³-hybridized carbons (Fsp3) is 0.471. The summed E-state index contributed by atoms with van der Waals surface area (Å²) in [4.78, 5) is 39.2. The molecule has 3 aliphatic rings. The number of amides is 2. The second kappa shape index (κ2) is 7.28. The van der Waals surface area contributed by atoms with Crippen molar-refractivity contribution in [3.8, 4) is 0 Å². The summed E-state index contributed by atoms with van der Waals surface area (Å²) >= 11 is 4.24. The highest BCUT2D eigenvalue weighted by Gasteiger charge is 2.40. The lowest BCUT2D eigenvalue weighted by Crippen LogP contribution is -2.27. The molecule has 2 aliphatic heterocycles. The molecule has 0 saturated carbocycles. The van der Waals surface area contributed by atoms with Crippen molar-refractivity contribution in [3.63, 3.8) is 0 Å². The van der Waals surface area contributed by atoms with E-state index in [-0.39, 0.29) is 17.7 Å². The van der Waals surface area contributed by atoms with Crippen LogP contribution in [-0.2, 0) is 9.59 Å². The largest absolute Gasteiger partial charge is 0.301 e. The van der Waals surface area contributed by atoms with Crippen LogP contribution in [0.4, 0.5) is 5.13 Å². The lowest BCUT2D eigenvalue weighted by atomic mass is 9.89. The molecule has 4 rings (SSSR count). The first-order valence-electron chi connectivity index (χ1n) is 8.52. The number of thiazole rings is 1. The molecular weight excluding hydrogens is 388 g/mol. The number of allylic oxidation sites excluding steroid dienone is 1. The number of aromatic nitrogens is 1. The number of amidine groups is 1. The quantitative estimate of drug-likeness (QED) is 0.820. The van der Waals surface area contributed by atoms with Gasteiger partial charge in [0, 0.05) is 5.38 Å². The minimum atomic E-state index is -0.416. The van der Waals surface area contributed by atoms with Gasteiger partial charge in [-0.05, 0) is 50.0 Å². The standard InChI is InChI=1S/C17H18N4O2S3/c1-8-7-24-16(18-8)19-13(22)9(2)25-17-20-14(23)12-10-5-3-4-6-11(10)26-15(12)21-17/h7,9,12H,3-6H2,1-2H3,(H,18,19,22). The van der Waals surface area contributed by atoms with Gasteiger partial charge in [-0.1, -0.05) is 23.5 Å². The molecule has 136 valence electrons. The van der Waals surface area contributed by atoms with E-state index in [1.807, 2.05) is 12.3 Å².